The Balaban J connectivity index is 2.36. The van der Waals surface area contributed by atoms with E-state index in [2.05, 4.69) is 32.0 Å². The van der Waals surface area contributed by atoms with Gasteiger partial charge in [-0.05, 0) is 37.0 Å². The normalized spacial score (nSPS) is 25.8. The first-order valence-corrected chi connectivity index (χ1v) is 6.01. The number of hydrogen-bond donors (Lipinski definition) is 0. The predicted octanol–water partition coefficient (Wildman–Crippen LogP) is 3.62. The highest BCUT2D eigenvalue weighted by Gasteiger charge is 2.30. The predicted molar refractivity (Wildman–Crippen MR) is 63.4 cm³/mol. The van der Waals surface area contributed by atoms with Gasteiger partial charge in [-0.2, -0.15) is 0 Å². The molecular formula is C13H17ClO. The largest absolute Gasteiger partial charge is 0.373 e. The molecule has 1 aromatic carbocycles. The van der Waals surface area contributed by atoms with Gasteiger partial charge in [0.25, 0.3) is 0 Å². The first kappa shape index (κ1) is 11.0. The van der Waals surface area contributed by atoms with Crippen molar-refractivity contribution in [3.63, 3.8) is 0 Å². The number of aryl methyl sites for hydroxylation is 2. The van der Waals surface area contributed by atoms with Crippen LogP contribution in [0.4, 0.5) is 0 Å². The van der Waals surface area contributed by atoms with E-state index < -0.39 is 0 Å². The topological polar surface area (TPSA) is 9.23 Å². The van der Waals surface area contributed by atoms with E-state index in [0.29, 0.717) is 11.8 Å². The van der Waals surface area contributed by atoms with Crippen molar-refractivity contribution in [1.29, 1.82) is 0 Å². The second-order valence-electron chi connectivity index (χ2n) is 4.30. The number of alkyl halides is 1. The van der Waals surface area contributed by atoms with Gasteiger partial charge in [-0.15, -0.1) is 11.6 Å². The SMILES string of the molecule is Cc1cccc(C)c1C1OCCC1CCl. The van der Waals surface area contributed by atoms with Gasteiger partial charge >= 0.3 is 0 Å². The third-order valence-corrected chi connectivity index (χ3v) is 3.64. The number of hydrogen-bond acceptors (Lipinski definition) is 1. The molecule has 1 aromatic rings. The van der Waals surface area contributed by atoms with Gasteiger partial charge in [-0.1, -0.05) is 18.2 Å². The maximum atomic E-state index is 5.98. The van der Waals surface area contributed by atoms with Gasteiger partial charge in [0.05, 0.1) is 6.10 Å². The summed E-state index contributed by atoms with van der Waals surface area (Å²) in [6.07, 6.45) is 1.30. The third kappa shape index (κ3) is 2.04. The highest BCUT2D eigenvalue weighted by atomic mass is 35.5. The van der Waals surface area contributed by atoms with Crippen molar-refractivity contribution >= 4 is 11.6 Å². The van der Waals surface area contributed by atoms with E-state index >= 15 is 0 Å². The maximum absolute atomic E-state index is 5.98. The summed E-state index contributed by atoms with van der Waals surface area (Å²) in [4.78, 5) is 0. The van der Waals surface area contributed by atoms with Crippen LogP contribution >= 0.6 is 11.6 Å². The van der Waals surface area contributed by atoms with E-state index in [9.17, 15) is 0 Å². The summed E-state index contributed by atoms with van der Waals surface area (Å²) in [5.41, 5.74) is 3.98. The highest BCUT2D eigenvalue weighted by molar-refractivity contribution is 6.18. The van der Waals surface area contributed by atoms with Crippen molar-refractivity contribution in [1.82, 2.24) is 0 Å². The molecule has 0 bridgehead atoms. The molecule has 1 aliphatic rings. The Morgan fingerprint density at radius 3 is 2.60 bits per heavy atom. The number of benzene rings is 1. The molecule has 0 aromatic heterocycles. The number of rotatable bonds is 2. The van der Waals surface area contributed by atoms with Crippen molar-refractivity contribution in [2.45, 2.75) is 26.4 Å². The van der Waals surface area contributed by atoms with Crippen molar-refractivity contribution in [3.8, 4) is 0 Å². The van der Waals surface area contributed by atoms with Crippen LogP contribution in [0, 0.1) is 19.8 Å². The van der Waals surface area contributed by atoms with Crippen molar-refractivity contribution < 1.29 is 4.74 Å². The first-order chi connectivity index (χ1) is 7.24. The van der Waals surface area contributed by atoms with Gasteiger partial charge in [0.2, 0.25) is 0 Å². The standard InChI is InChI=1S/C13H17ClO/c1-9-4-3-5-10(2)12(9)13-11(8-14)6-7-15-13/h3-5,11,13H,6-8H2,1-2H3. The van der Waals surface area contributed by atoms with Crippen LogP contribution in [-0.2, 0) is 4.74 Å². The van der Waals surface area contributed by atoms with Crippen LogP contribution in [0.3, 0.4) is 0 Å². The summed E-state index contributed by atoms with van der Waals surface area (Å²) in [5, 5.41) is 0. The van der Waals surface area contributed by atoms with Gasteiger partial charge in [0.1, 0.15) is 0 Å². The molecule has 2 unspecified atom stereocenters. The Bertz CT molecular complexity index is 328. The molecule has 15 heavy (non-hydrogen) atoms. The average molecular weight is 225 g/mol. The van der Waals surface area contributed by atoms with Gasteiger partial charge in [0, 0.05) is 18.4 Å². The summed E-state index contributed by atoms with van der Waals surface area (Å²) in [6, 6.07) is 6.39. The van der Waals surface area contributed by atoms with Gasteiger partial charge < -0.3 is 4.74 Å². The Hall–Kier alpha value is -0.530. The molecule has 1 fully saturated rings. The van der Waals surface area contributed by atoms with Crippen LogP contribution in [0.1, 0.15) is 29.2 Å². The Morgan fingerprint density at radius 2 is 2.00 bits per heavy atom. The molecule has 0 saturated carbocycles. The molecule has 2 heteroatoms. The fraction of sp³-hybridized carbons (Fsp3) is 0.538. The van der Waals surface area contributed by atoms with Crippen LogP contribution in [-0.4, -0.2) is 12.5 Å². The van der Waals surface area contributed by atoms with Gasteiger partial charge in [-0.25, -0.2) is 0 Å². The minimum Gasteiger partial charge on any atom is -0.373 e. The quantitative estimate of drug-likeness (QED) is 0.698. The van der Waals surface area contributed by atoms with E-state index in [1.807, 2.05) is 0 Å². The zero-order valence-corrected chi connectivity index (χ0v) is 10.1. The van der Waals surface area contributed by atoms with Gasteiger partial charge in [0.15, 0.2) is 0 Å². The lowest BCUT2D eigenvalue weighted by atomic mass is 9.91. The van der Waals surface area contributed by atoms with E-state index in [1.54, 1.807) is 0 Å². The summed E-state index contributed by atoms with van der Waals surface area (Å²) < 4.78 is 5.82. The van der Waals surface area contributed by atoms with Crippen LogP contribution in [0.5, 0.6) is 0 Å². The summed E-state index contributed by atoms with van der Waals surface area (Å²) >= 11 is 5.98. The average Bonchev–Trinajstić information content (AvgIpc) is 2.65. The lowest BCUT2D eigenvalue weighted by Crippen LogP contribution is -2.11. The molecule has 1 nitrogen and oxygen atoms in total. The maximum Gasteiger partial charge on any atom is 0.0870 e. The zero-order valence-electron chi connectivity index (χ0n) is 9.29. The number of ether oxygens (including phenoxy) is 1. The van der Waals surface area contributed by atoms with E-state index in [-0.39, 0.29) is 6.10 Å². The Kier molecular flexibility index (Phi) is 3.32. The van der Waals surface area contributed by atoms with Crippen LogP contribution in [0.15, 0.2) is 18.2 Å². The lowest BCUT2D eigenvalue weighted by molar-refractivity contribution is 0.0941. The van der Waals surface area contributed by atoms with Crippen LogP contribution in [0.2, 0.25) is 0 Å². The fourth-order valence-electron chi connectivity index (χ4n) is 2.39. The monoisotopic (exact) mass is 224 g/mol. The summed E-state index contributed by atoms with van der Waals surface area (Å²) in [5.74, 6) is 1.17. The molecule has 0 aliphatic carbocycles. The van der Waals surface area contributed by atoms with Gasteiger partial charge in [-0.3, -0.25) is 0 Å². The second kappa shape index (κ2) is 4.54. The second-order valence-corrected chi connectivity index (χ2v) is 4.61. The van der Waals surface area contributed by atoms with E-state index in [1.165, 1.54) is 16.7 Å². The first-order valence-electron chi connectivity index (χ1n) is 5.47. The fourth-order valence-corrected chi connectivity index (χ4v) is 2.70. The van der Waals surface area contributed by atoms with Crippen LogP contribution in [0.25, 0.3) is 0 Å². The molecule has 1 saturated heterocycles. The molecular weight excluding hydrogens is 208 g/mol. The summed E-state index contributed by atoms with van der Waals surface area (Å²) in [6.45, 7) is 5.14. The lowest BCUT2D eigenvalue weighted by Gasteiger charge is -2.20. The third-order valence-electron chi connectivity index (χ3n) is 3.24. The minimum absolute atomic E-state index is 0.212. The zero-order chi connectivity index (χ0) is 10.8. The molecule has 0 spiro atoms. The Labute approximate surface area is 96.4 Å². The van der Waals surface area contributed by atoms with Crippen molar-refractivity contribution in [3.05, 3.63) is 34.9 Å². The summed E-state index contributed by atoms with van der Waals surface area (Å²) in [7, 11) is 0. The molecule has 1 aliphatic heterocycles. The molecule has 2 atom stereocenters. The van der Waals surface area contributed by atoms with E-state index in [0.717, 1.165) is 13.0 Å². The smallest absolute Gasteiger partial charge is 0.0870 e. The van der Waals surface area contributed by atoms with E-state index in [4.69, 9.17) is 16.3 Å². The molecule has 82 valence electrons. The molecule has 2 rings (SSSR count). The highest BCUT2D eigenvalue weighted by Crippen LogP contribution is 2.38. The van der Waals surface area contributed by atoms with Crippen molar-refractivity contribution in [2.75, 3.05) is 12.5 Å². The number of halogens is 1. The molecule has 0 radical (unpaired) electrons. The molecule has 0 N–H and O–H groups in total. The van der Waals surface area contributed by atoms with Crippen LogP contribution < -0.4 is 0 Å². The minimum atomic E-state index is 0.212. The molecule has 1 heterocycles. The molecule has 0 amide bonds. The van der Waals surface area contributed by atoms with Crippen molar-refractivity contribution in [2.24, 2.45) is 5.92 Å². The Morgan fingerprint density at radius 1 is 1.33 bits per heavy atom.